The fraction of sp³-hybridized carbons (Fsp3) is 0.706. The molecular weight excluding hydrogens is 433 g/mol. The molecule has 2 N–H and O–H groups in total. The Balaban J connectivity index is 0.00000288. The van der Waals surface area contributed by atoms with E-state index in [1.807, 2.05) is 11.3 Å². The van der Waals surface area contributed by atoms with Crippen molar-refractivity contribution in [2.45, 2.75) is 33.4 Å². The van der Waals surface area contributed by atoms with Crippen LogP contribution in [0.25, 0.3) is 0 Å². The number of piperazine rings is 1. The predicted octanol–water partition coefficient (Wildman–Crippen LogP) is 2.37. The zero-order chi connectivity index (χ0) is 16.7. The van der Waals surface area contributed by atoms with E-state index in [0.29, 0.717) is 6.04 Å². The van der Waals surface area contributed by atoms with Crippen LogP contribution in [0.2, 0.25) is 0 Å². The molecule has 0 aromatic carbocycles. The van der Waals surface area contributed by atoms with Crippen molar-refractivity contribution in [2.24, 2.45) is 4.99 Å². The lowest BCUT2D eigenvalue weighted by atomic mass is 10.2. The Morgan fingerprint density at radius 2 is 1.96 bits per heavy atom. The highest BCUT2D eigenvalue weighted by molar-refractivity contribution is 14.0. The van der Waals surface area contributed by atoms with Gasteiger partial charge in [-0.15, -0.1) is 35.3 Å². The second-order valence-electron chi connectivity index (χ2n) is 6.28. The molecule has 1 fully saturated rings. The highest BCUT2D eigenvalue weighted by Crippen LogP contribution is 2.15. The summed E-state index contributed by atoms with van der Waals surface area (Å²) in [4.78, 5) is 12.3. The molecule has 138 valence electrons. The number of likely N-dealkylation sites (N-methyl/N-ethyl adjacent to an activating group) is 1. The first-order valence-corrected chi connectivity index (χ1v) is 9.40. The van der Waals surface area contributed by atoms with Crippen molar-refractivity contribution in [2.75, 3.05) is 46.3 Å². The van der Waals surface area contributed by atoms with Gasteiger partial charge < -0.3 is 15.5 Å². The van der Waals surface area contributed by atoms with Crippen LogP contribution in [0.4, 0.5) is 0 Å². The Morgan fingerprint density at radius 3 is 2.54 bits per heavy atom. The lowest BCUT2D eigenvalue weighted by Gasteiger charge is -2.36. The minimum Gasteiger partial charge on any atom is -0.357 e. The Bertz CT molecular complexity index is 497. The fourth-order valence-electron chi connectivity index (χ4n) is 2.70. The number of nitrogens with zero attached hydrogens (tertiary/aromatic N) is 3. The third kappa shape index (κ3) is 7.25. The van der Waals surface area contributed by atoms with Gasteiger partial charge in [-0.25, -0.2) is 4.99 Å². The van der Waals surface area contributed by atoms with Gasteiger partial charge in [0.2, 0.25) is 0 Å². The molecule has 0 radical (unpaired) electrons. The van der Waals surface area contributed by atoms with Gasteiger partial charge in [0.15, 0.2) is 5.96 Å². The smallest absolute Gasteiger partial charge is 0.191 e. The van der Waals surface area contributed by atoms with Gasteiger partial charge in [0.1, 0.15) is 0 Å². The molecule has 2 rings (SSSR count). The highest BCUT2D eigenvalue weighted by atomic mass is 127. The second-order valence-corrected chi connectivity index (χ2v) is 7.65. The number of nitrogens with one attached hydrogen (secondary N) is 2. The summed E-state index contributed by atoms with van der Waals surface area (Å²) in [6.45, 7) is 13.7. The van der Waals surface area contributed by atoms with Gasteiger partial charge in [-0.3, -0.25) is 4.90 Å². The lowest BCUT2D eigenvalue weighted by molar-refractivity contribution is 0.120. The lowest BCUT2D eigenvalue weighted by Crippen LogP contribution is -2.52. The van der Waals surface area contributed by atoms with Crippen LogP contribution in [0.15, 0.2) is 17.1 Å². The molecule has 1 saturated heterocycles. The Hall–Kier alpha value is -0.380. The van der Waals surface area contributed by atoms with Gasteiger partial charge >= 0.3 is 0 Å². The Kier molecular flexibility index (Phi) is 10.2. The molecule has 1 aliphatic rings. The monoisotopic (exact) mass is 465 g/mol. The summed E-state index contributed by atoms with van der Waals surface area (Å²) in [5.74, 6) is 0.916. The van der Waals surface area contributed by atoms with Crippen molar-refractivity contribution < 1.29 is 0 Å². The van der Waals surface area contributed by atoms with Crippen molar-refractivity contribution in [3.63, 3.8) is 0 Å². The maximum Gasteiger partial charge on any atom is 0.191 e. The van der Waals surface area contributed by atoms with Crippen LogP contribution in [-0.2, 0) is 6.54 Å². The van der Waals surface area contributed by atoms with Crippen LogP contribution in [0, 0.1) is 6.92 Å². The normalized spacial score (nSPS) is 18.1. The molecular formula is C17H32IN5S. The van der Waals surface area contributed by atoms with E-state index in [1.165, 1.54) is 9.75 Å². The summed E-state index contributed by atoms with van der Waals surface area (Å²) in [6.07, 6.45) is 0. The van der Waals surface area contributed by atoms with E-state index < -0.39 is 0 Å². The van der Waals surface area contributed by atoms with Crippen LogP contribution in [-0.4, -0.2) is 68.1 Å². The largest absolute Gasteiger partial charge is 0.357 e. The van der Waals surface area contributed by atoms with Crippen molar-refractivity contribution >= 4 is 41.3 Å². The first-order valence-electron chi connectivity index (χ1n) is 8.58. The highest BCUT2D eigenvalue weighted by Gasteiger charge is 2.18. The quantitative estimate of drug-likeness (QED) is 0.385. The molecule has 1 aromatic rings. The first-order chi connectivity index (χ1) is 11.1. The predicted molar refractivity (Wildman–Crippen MR) is 116 cm³/mol. The molecule has 0 amide bonds. The molecule has 0 saturated carbocycles. The van der Waals surface area contributed by atoms with Crippen LogP contribution < -0.4 is 10.6 Å². The number of aryl methyl sites for hydroxylation is 1. The van der Waals surface area contributed by atoms with Crippen LogP contribution in [0.5, 0.6) is 0 Å². The maximum absolute atomic E-state index is 4.70. The van der Waals surface area contributed by atoms with E-state index in [-0.39, 0.29) is 24.0 Å². The average Bonchev–Trinajstić information content (AvgIpc) is 2.96. The van der Waals surface area contributed by atoms with Crippen LogP contribution in [0.1, 0.15) is 23.6 Å². The Morgan fingerprint density at radius 1 is 1.25 bits per heavy atom. The van der Waals surface area contributed by atoms with Gasteiger partial charge in [-0.05, 0) is 40.0 Å². The van der Waals surface area contributed by atoms with Crippen molar-refractivity contribution in [3.8, 4) is 0 Å². The summed E-state index contributed by atoms with van der Waals surface area (Å²) in [7, 11) is 2.20. The van der Waals surface area contributed by atoms with Crippen LogP contribution in [0.3, 0.4) is 0 Å². The fourth-order valence-corrected chi connectivity index (χ4v) is 3.52. The van der Waals surface area contributed by atoms with E-state index >= 15 is 0 Å². The number of aliphatic imine (C=N–C) groups is 1. The van der Waals surface area contributed by atoms with E-state index in [9.17, 15) is 0 Å². The minimum absolute atomic E-state index is 0. The van der Waals surface area contributed by atoms with Crippen molar-refractivity contribution in [3.05, 3.63) is 21.9 Å². The molecule has 24 heavy (non-hydrogen) atoms. The average molecular weight is 465 g/mol. The number of guanidine groups is 1. The van der Waals surface area contributed by atoms with Gasteiger partial charge in [-0.1, -0.05) is 0 Å². The molecule has 1 aliphatic heterocycles. The van der Waals surface area contributed by atoms with E-state index in [0.717, 1.165) is 51.8 Å². The summed E-state index contributed by atoms with van der Waals surface area (Å²) >= 11 is 1.82. The number of hydrogen-bond donors (Lipinski definition) is 2. The molecule has 1 atom stereocenters. The summed E-state index contributed by atoms with van der Waals surface area (Å²) < 4.78 is 0. The SMILES string of the molecule is CCNC(=NCc1ccc(C)s1)NCC(C)N1CCN(C)CC1.I. The molecule has 0 spiro atoms. The third-order valence-electron chi connectivity index (χ3n) is 4.26. The van der Waals surface area contributed by atoms with Crippen molar-refractivity contribution in [1.82, 2.24) is 20.4 Å². The Labute approximate surface area is 167 Å². The van der Waals surface area contributed by atoms with E-state index in [2.05, 4.69) is 60.4 Å². The van der Waals surface area contributed by atoms with Gasteiger partial charge in [0.25, 0.3) is 0 Å². The molecule has 2 heterocycles. The topological polar surface area (TPSA) is 42.9 Å². The zero-order valence-electron chi connectivity index (χ0n) is 15.3. The molecule has 7 heteroatoms. The van der Waals surface area contributed by atoms with Crippen molar-refractivity contribution in [1.29, 1.82) is 0 Å². The van der Waals surface area contributed by atoms with E-state index in [4.69, 9.17) is 4.99 Å². The summed E-state index contributed by atoms with van der Waals surface area (Å²) in [6, 6.07) is 4.85. The number of thiophene rings is 1. The van der Waals surface area contributed by atoms with Gasteiger partial charge in [-0.2, -0.15) is 0 Å². The van der Waals surface area contributed by atoms with Crippen LogP contribution >= 0.6 is 35.3 Å². The number of halogens is 1. The maximum atomic E-state index is 4.70. The molecule has 0 bridgehead atoms. The molecule has 1 unspecified atom stereocenters. The number of hydrogen-bond acceptors (Lipinski definition) is 4. The minimum atomic E-state index is 0. The third-order valence-corrected chi connectivity index (χ3v) is 5.24. The standard InChI is InChI=1S/C17H31N5S.HI/c1-5-18-17(20-13-16-7-6-15(3)23-16)19-12-14(2)22-10-8-21(4)9-11-22;/h6-7,14H,5,8-13H2,1-4H3,(H2,18,19,20);1H. The van der Waals surface area contributed by atoms with E-state index in [1.54, 1.807) is 0 Å². The zero-order valence-corrected chi connectivity index (χ0v) is 18.5. The number of rotatable bonds is 6. The van der Waals surface area contributed by atoms with Gasteiger partial charge in [0.05, 0.1) is 6.54 Å². The summed E-state index contributed by atoms with van der Waals surface area (Å²) in [5.41, 5.74) is 0. The molecule has 0 aliphatic carbocycles. The second kappa shape index (κ2) is 11.3. The molecule has 1 aromatic heterocycles. The summed E-state index contributed by atoms with van der Waals surface area (Å²) in [5, 5.41) is 6.84. The molecule has 5 nitrogen and oxygen atoms in total. The first kappa shape index (κ1) is 21.7. The van der Waals surface area contributed by atoms with Gasteiger partial charge in [0, 0.05) is 55.1 Å².